The van der Waals surface area contributed by atoms with Gasteiger partial charge in [-0.3, -0.25) is 19.7 Å². The van der Waals surface area contributed by atoms with E-state index in [0.29, 0.717) is 35.3 Å². The van der Waals surface area contributed by atoms with Gasteiger partial charge in [0.05, 0.1) is 30.2 Å². The Bertz CT molecular complexity index is 1240. The first-order chi connectivity index (χ1) is 17.3. The van der Waals surface area contributed by atoms with Gasteiger partial charge in [-0.2, -0.15) is 0 Å². The highest BCUT2D eigenvalue weighted by atomic mass is 32.2. The van der Waals surface area contributed by atoms with Crippen molar-refractivity contribution in [3.05, 3.63) is 82.4 Å². The molecular weight excluding hydrogens is 482 g/mol. The van der Waals surface area contributed by atoms with E-state index in [0.717, 1.165) is 4.90 Å². The van der Waals surface area contributed by atoms with Crippen LogP contribution in [0.3, 0.4) is 0 Å². The van der Waals surface area contributed by atoms with E-state index in [9.17, 15) is 19.7 Å². The van der Waals surface area contributed by atoms with Crippen LogP contribution in [-0.2, 0) is 4.79 Å². The second-order valence-corrected chi connectivity index (χ2v) is 8.70. The lowest BCUT2D eigenvalue weighted by Gasteiger charge is -2.19. The van der Waals surface area contributed by atoms with Crippen LogP contribution in [-0.4, -0.2) is 48.4 Å². The summed E-state index contributed by atoms with van der Waals surface area (Å²) in [6, 6.07) is 18.6. The molecule has 0 saturated heterocycles. The number of likely N-dealkylation sites (N-methyl/N-ethyl adjacent to an activating group) is 1. The maximum atomic E-state index is 13.2. The largest absolute Gasteiger partial charge is 0.490 e. The number of ether oxygens (including phenoxy) is 2. The van der Waals surface area contributed by atoms with Gasteiger partial charge in [0, 0.05) is 40.7 Å². The number of nitrogens with one attached hydrogen (secondary N) is 1. The van der Waals surface area contributed by atoms with E-state index in [-0.39, 0.29) is 17.8 Å². The molecule has 0 radical (unpaired) electrons. The lowest BCUT2D eigenvalue weighted by molar-refractivity contribution is -0.384. The zero-order valence-electron chi connectivity index (χ0n) is 20.2. The van der Waals surface area contributed by atoms with Gasteiger partial charge in [-0.15, -0.1) is 0 Å². The van der Waals surface area contributed by atoms with Crippen LogP contribution in [0.5, 0.6) is 11.5 Å². The van der Waals surface area contributed by atoms with E-state index >= 15 is 0 Å². The molecule has 188 valence electrons. The Balaban J connectivity index is 1.76. The highest BCUT2D eigenvalue weighted by Gasteiger charge is 2.22. The zero-order chi connectivity index (χ0) is 26.1. The Kier molecular flexibility index (Phi) is 9.29. The van der Waals surface area contributed by atoms with Gasteiger partial charge < -0.3 is 19.7 Å². The van der Waals surface area contributed by atoms with Gasteiger partial charge in [-0.1, -0.05) is 30.0 Å². The zero-order valence-corrected chi connectivity index (χ0v) is 21.0. The molecule has 0 bridgehead atoms. The van der Waals surface area contributed by atoms with Crippen molar-refractivity contribution in [3.63, 3.8) is 0 Å². The van der Waals surface area contributed by atoms with Crippen LogP contribution in [0.2, 0.25) is 0 Å². The smallest absolute Gasteiger partial charge is 0.270 e. The maximum Gasteiger partial charge on any atom is 0.270 e. The normalized spacial score (nSPS) is 10.4. The fraction of sp³-hybridized carbons (Fsp3) is 0.231. The van der Waals surface area contributed by atoms with Crippen molar-refractivity contribution in [2.24, 2.45) is 0 Å². The molecule has 0 aliphatic rings. The molecule has 3 aromatic rings. The first kappa shape index (κ1) is 26.6. The van der Waals surface area contributed by atoms with Gasteiger partial charge in [0.2, 0.25) is 5.91 Å². The average molecular weight is 510 g/mol. The summed E-state index contributed by atoms with van der Waals surface area (Å²) in [6.07, 6.45) is 0. The number of hydrogen-bond donors (Lipinski definition) is 1. The number of benzene rings is 3. The highest BCUT2D eigenvalue weighted by Crippen LogP contribution is 2.33. The number of carbonyl (C=O) groups excluding carboxylic acids is 2. The van der Waals surface area contributed by atoms with Crippen LogP contribution >= 0.6 is 11.8 Å². The Hall–Kier alpha value is -4.05. The molecule has 0 spiro atoms. The van der Waals surface area contributed by atoms with Crippen LogP contribution in [0.15, 0.2) is 76.5 Å². The van der Waals surface area contributed by atoms with Crippen molar-refractivity contribution in [2.75, 3.05) is 32.1 Å². The van der Waals surface area contributed by atoms with Crippen molar-refractivity contribution >= 4 is 35.0 Å². The minimum Gasteiger partial charge on any atom is -0.490 e. The standard InChI is InChI=1S/C26H27N3O6S/c1-4-34-22-13-11-18(15-23(22)35-5-2)27-25(30)17-28(3)26(31)21-16-19(29(32)33)12-14-24(21)36-20-9-7-6-8-10-20/h6-16H,4-5,17H2,1-3H3,(H,27,30). The summed E-state index contributed by atoms with van der Waals surface area (Å²) in [6.45, 7) is 4.36. The van der Waals surface area contributed by atoms with Crippen molar-refractivity contribution < 1.29 is 24.0 Å². The predicted octanol–water partition coefficient (Wildman–Crippen LogP) is 5.25. The molecule has 0 aliphatic heterocycles. The third-order valence-corrected chi connectivity index (χ3v) is 6.01. The summed E-state index contributed by atoms with van der Waals surface area (Å²) >= 11 is 1.32. The summed E-state index contributed by atoms with van der Waals surface area (Å²) in [5.41, 5.74) is 0.433. The fourth-order valence-corrected chi connectivity index (χ4v) is 4.26. The minimum atomic E-state index is -0.553. The van der Waals surface area contributed by atoms with Gasteiger partial charge in [-0.05, 0) is 44.2 Å². The molecule has 3 rings (SSSR count). The van der Waals surface area contributed by atoms with Gasteiger partial charge in [0.25, 0.3) is 11.6 Å². The molecular formula is C26H27N3O6S. The number of rotatable bonds is 11. The van der Waals surface area contributed by atoms with Crippen LogP contribution < -0.4 is 14.8 Å². The maximum absolute atomic E-state index is 13.2. The van der Waals surface area contributed by atoms with Crippen LogP contribution in [0, 0.1) is 10.1 Å². The lowest BCUT2D eigenvalue weighted by Crippen LogP contribution is -2.35. The molecule has 0 heterocycles. The van der Waals surface area contributed by atoms with E-state index in [1.54, 1.807) is 24.3 Å². The third-order valence-electron chi connectivity index (χ3n) is 4.93. The first-order valence-corrected chi connectivity index (χ1v) is 12.1. The number of carbonyl (C=O) groups is 2. The number of non-ortho nitro benzene ring substituents is 1. The molecule has 0 aliphatic carbocycles. The number of nitrogens with zero attached hydrogens (tertiary/aromatic N) is 2. The van der Waals surface area contributed by atoms with E-state index in [2.05, 4.69) is 5.32 Å². The van der Waals surface area contributed by atoms with Crippen LogP contribution in [0.4, 0.5) is 11.4 Å². The summed E-state index contributed by atoms with van der Waals surface area (Å²) in [4.78, 5) is 39.4. The SMILES string of the molecule is CCOc1ccc(NC(=O)CN(C)C(=O)c2cc([N+](=O)[O-])ccc2Sc2ccccc2)cc1OCC. The van der Waals surface area contributed by atoms with Gasteiger partial charge in [0.15, 0.2) is 11.5 Å². The van der Waals surface area contributed by atoms with E-state index in [1.165, 1.54) is 35.8 Å². The molecule has 0 unspecified atom stereocenters. The van der Waals surface area contributed by atoms with Gasteiger partial charge in [-0.25, -0.2) is 0 Å². The molecule has 3 aromatic carbocycles. The summed E-state index contributed by atoms with van der Waals surface area (Å²) in [7, 11) is 1.47. The number of anilines is 1. The van der Waals surface area contributed by atoms with Crippen LogP contribution in [0.25, 0.3) is 0 Å². The number of hydrogen-bond acceptors (Lipinski definition) is 7. The predicted molar refractivity (Wildman–Crippen MR) is 138 cm³/mol. The molecule has 0 atom stereocenters. The highest BCUT2D eigenvalue weighted by molar-refractivity contribution is 7.99. The monoisotopic (exact) mass is 509 g/mol. The Morgan fingerprint density at radius 3 is 2.33 bits per heavy atom. The van der Waals surface area contributed by atoms with E-state index < -0.39 is 16.7 Å². The van der Waals surface area contributed by atoms with Gasteiger partial charge in [0.1, 0.15) is 0 Å². The second-order valence-electron chi connectivity index (χ2n) is 7.59. The summed E-state index contributed by atoms with van der Waals surface area (Å²) in [5.74, 6) is 0.133. The van der Waals surface area contributed by atoms with E-state index in [4.69, 9.17) is 9.47 Å². The topological polar surface area (TPSA) is 111 Å². The molecule has 1 N–H and O–H groups in total. The molecule has 0 fully saturated rings. The number of nitro benzene ring substituents is 1. The lowest BCUT2D eigenvalue weighted by atomic mass is 10.1. The second kappa shape index (κ2) is 12.6. The fourth-order valence-electron chi connectivity index (χ4n) is 3.33. The Morgan fingerprint density at radius 1 is 0.972 bits per heavy atom. The van der Waals surface area contributed by atoms with Crippen molar-refractivity contribution in [3.8, 4) is 11.5 Å². The molecule has 2 amide bonds. The van der Waals surface area contributed by atoms with Crippen LogP contribution in [0.1, 0.15) is 24.2 Å². The quantitative estimate of drug-likeness (QED) is 0.277. The van der Waals surface area contributed by atoms with Crippen molar-refractivity contribution in [1.82, 2.24) is 4.90 Å². The van der Waals surface area contributed by atoms with E-state index in [1.807, 2.05) is 44.2 Å². The van der Waals surface area contributed by atoms with Gasteiger partial charge >= 0.3 is 0 Å². The Morgan fingerprint density at radius 2 is 1.67 bits per heavy atom. The number of amides is 2. The molecule has 0 aromatic heterocycles. The average Bonchev–Trinajstić information content (AvgIpc) is 2.86. The summed E-state index contributed by atoms with van der Waals surface area (Å²) in [5, 5.41) is 14.1. The first-order valence-electron chi connectivity index (χ1n) is 11.3. The molecule has 0 saturated carbocycles. The minimum absolute atomic E-state index is 0.146. The molecule has 9 nitrogen and oxygen atoms in total. The third kappa shape index (κ3) is 6.98. The van der Waals surface area contributed by atoms with Crippen molar-refractivity contribution in [1.29, 1.82) is 0 Å². The number of nitro groups is 1. The Labute approximate surface area is 213 Å². The van der Waals surface area contributed by atoms with Crippen molar-refractivity contribution in [2.45, 2.75) is 23.6 Å². The molecule has 10 heteroatoms. The summed E-state index contributed by atoms with van der Waals surface area (Å²) < 4.78 is 11.1. The molecule has 36 heavy (non-hydrogen) atoms.